The Kier molecular flexibility index (Phi) is 5.61. The Balaban J connectivity index is 1.57. The molecule has 0 radical (unpaired) electrons. The first-order valence-electron chi connectivity index (χ1n) is 8.22. The topological polar surface area (TPSA) is 38.3 Å². The summed E-state index contributed by atoms with van der Waals surface area (Å²) in [7, 11) is 1.64. The first kappa shape index (κ1) is 17.4. The van der Waals surface area contributed by atoms with Crippen LogP contribution in [0, 0.1) is 0 Å². The Morgan fingerprint density at radius 1 is 1.04 bits per heavy atom. The van der Waals surface area contributed by atoms with Gasteiger partial charge in [-0.05, 0) is 47.5 Å². The van der Waals surface area contributed by atoms with Crippen LogP contribution >= 0.6 is 11.8 Å². The quantitative estimate of drug-likeness (QED) is 0.657. The van der Waals surface area contributed by atoms with Gasteiger partial charge in [0.05, 0.1) is 12.4 Å². The van der Waals surface area contributed by atoms with Crippen LogP contribution in [0.3, 0.4) is 0 Å². The molecule has 1 unspecified atom stereocenters. The first-order valence-corrected chi connectivity index (χ1v) is 9.10. The summed E-state index contributed by atoms with van der Waals surface area (Å²) in [5.74, 6) is 0.851. The average molecular weight is 351 g/mol. The lowest BCUT2D eigenvalue weighted by atomic mass is 10.1. The Hall–Kier alpha value is -2.46. The van der Waals surface area contributed by atoms with Gasteiger partial charge in [-0.3, -0.25) is 4.79 Å². The van der Waals surface area contributed by atoms with E-state index >= 15 is 0 Å². The second kappa shape index (κ2) is 8.08. The maximum atomic E-state index is 12.4. The number of carbonyl (C=O) groups is 1. The number of thioether (sulfide) groups is 1. The highest BCUT2D eigenvalue weighted by molar-refractivity contribution is 8.00. The summed E-state index contributed by atoms with van der Waals surface area (Å²) in [5, 5.41) is 5.24. The van der Waals surface area contributed by atoms with Crippen molar-refractivity contribution in [1.29, 1.82) is 0 Å². The van der Waals surface area contributed by atoms with E-state index < -0.39 is 0 Å². The van der Waals surface area contributed by atoms with E-state index in [2.05, 4.69) is 35.6 Å². The van der Waals surface area contributed by atoms with Gasteiger partial charge in [-0.25, -0.2) is 0 Å². The average Bonchev–Trinajstić information content (AvgIpc) is 2.66. The molecule has 0 aliphatic heterocycles. The fourth-order valence-corrected chi connectivity index (χ4v) is 3.51. The van der Waals surface area contributed by atoms with Gasteiger partial charge in [0, 0.05) is 11.4 Å². The molecular weight excluding hydrogens is 330 g/mol. The van der Waals surface area contributed by atoms with Crippen LogP contribution in [0.5, 0.6) is 5.75 Å². The Labute approximate surface area is 152 Å². The summed E-state index contributed by atoms with van der Waals surface area (Å²) >= 11 is 1.58. The number of amides is 1. The van der Waals surface area contributed by atoms with E-state index in [1.165, 1.54) is 10.8 Å². The molecule has 3 rings (SSSR count). The van der Waals surface area contributed by atoms with Crippen LogP contribution in [0.15, 0.2) is 71.6 Å². The van der Waals surface area contributed by atoms with Gasteiger partial charge < -0.3 is 10.1 Å². The number of methoxy groups -OCH3 is 1. The van der Waals surface area contributed by atoms with Gasteiger partial charge >= 0.3 is 0 Å². The van der Waals surface area contributed by atoms with Crippen molar-refractivity contribution >= 4 is 28.4 Å². The molecule has 25 heavy (non-hydrogen) atoms. The SMILES string of the molecule is COc1ccc(CNC(=O)C(C)Sc2ccc3ccccc3c2)cc1. The Morgan fingerprint density at radius 3 is 2.48 bits per heavy atom. The third kappa shape index (κ3) is 4.54. The van der Waals surface area contributed by atoms with Crippen molar-refractivity contribution < 1.29 is 9.53 Å². The van der Waals surface area contributed by atoms with Gasteiger partial charge in [-0.1, -0.05) is 42.5 Å². The summed E-state index contributed by atoms with van der Waals surface area (Å²) in [4.78, 5) is 13.5. The van der Waals surface area contributed by atoms with Gasteiger partial charge in [-0.15, -0.1) is 11.8 Å². The van der Waals surface area contributed by atoms with Crippen molar-refractivity contribution in [3.63, 3.8) is 0 Å². The van der Waals surface area contributed by atoms with Crippen LogP contribution < -0.4 is 10.1 Å². The van der Waals surface area contributed by atoms with Crippen LogP contribution in [0.2, 0.25) is 0 Å². The third-order valence-electron chi connectivity index (χ3n) is 4.03. The number of ether oxygens (including phenoxy) is 1. The van der Waals surface area contributed by atoms with E-state index in [1.807, 2.05) is 43.3 Å². The molecule has 3 nitrogen and oxygen atoms in total. The number of hydrogen-bond acceptors (Lipinski definition) is 3. The molecule has 1 amide bonds. The minimum absolute atomic E-state index is 0.0361. The number of carbonyl (C=O) groups excluding carboxylic acids is 1. The first-order chi connectivity index (χ1) is 12.2. The molecule has 0 saturated carbocycles. The van der Waals surface area contributed by atoms with Crippen molar-refractivity contribution in [2.75, 3.05) is 7.11 Å². The summed E-state index contributed by atoms with van der Waals surface area (Å²) in [6.45, 7) is 2.45. The highest BCUT2D eigenvalue weighted by atomic mass is 32.2. The second-order valence-corrected chi connectivity index (χ2v) is 7.25. The minimum Gasteiger partial charge on any atom is -0.497 e. The Bertz CT molecular complexity index is 861. The number of nitrogens with one attached hydrogen (secondary N) is 1. The van der Waals surface area contributed by atoms with E-state index in [0.29, 0.717) is 6.54 Å². The third-order valence-corrected chi connectivity index (χ3v) is 5.12. The fraction of sp³-hybridized carbons (Fsp3) is 0.190. The zero-order valence-corrected chi connectivity index (χ0v) is 15.2. The predicted octanol–water partition coefficient (Wildman–Crippen LogP) is 4.65. The smallest absolute Gasteiger partial charge is 0.233 e. The lowest BCUT2D eigenvalue weighted by Gasteiger charge is -2.13. The molecule has 3 aromatic rings. The van der Waals surface area contributed by atoms with E-state index in [0.717, 1.165) is 16.2 Å². The molecule has 0 saturated heterocycles. The van der Waals surface area contributed by atoms with Gasteiger partial charge in [0.25, 0.3) is 0 Å². The van der Waals surface area contributed by atoms with Crippen LogP contribution in [-0.4, -0.2) is 18.3 Å². The number of hydrogen-bond donors (Lipinski definition) is 1. The van der Waals surface area contributed by atoms with Crippen LogP contribution in [-0.2, 0) is 11.3 Å². The lowest BCUT2D eigenvalue weighted by Crippen LogP contribution is -2.30. The summed E-state index contributed by atoms with van der Waals surface area (Å²) in [6.07, 6.45) is 0. The van der Waals surface area contributed by atoms with Crippen molar-refractivity contribution in [1.82, 2.24) is 5.32 Å². The van der Waals surface area contributed by atoms with Crippen LogP contribution in [0.25, 0.3) is 10.8 Å². The number of rotatable bonds is 6. The molecule has 3 aromatic carbocycles. The lowest BCUT2D eigenvalue weighted by molar-refractivity contribution is -0.120. The molecule has 1 atom stereocenters. The van der Waals surface area contributed by atoms with Gasteiger partial charge in [0.1, 0.15) is 5.75 Å². The molecule has 128 valence electrons. The van der Waals surface area contributed by atoms with Gasteiger partial charge in [0.2, 0.25) is 5.91 Å². The number of benzene rings is 3. The zero-order valence-electron chi connectivity index (χ0n) is 14.4. The standard InChI is InChI=1S/C21H21NO2S/c1-15(21(23)22-14-16-7-10-19(24-2)11-8-16)25-20-12-9-17-5-3-4-6-18(17)13-20/h3-13,15H,14H2,1-2H3,(H,22,23). The molecule has 4 heteroatoms. The molecule has 0 spiro atoms. The van der Waals surface area contributed by atoms with Crippen LogP contribution in [0.1, 0.15) is 12.5 Å². The molecular formula is C21H21NO2S. The highest BCUT2D eigenvalue weighted by Crippen LogP contribution is 2.27. The van der Waals surface area contributed by atoms with E-state index in [9.17, 15) is 4.79 Å². The molecule has 0 aliphatic rings. The fourth-order valence-electron chi connectivity index (χ4n) is 2.57. The van der Waals surface area contributed by atoms with E-state index in [-0.39, 0.29) is 11.2 Å². The zero-order chi connectivity index (χ0) is 17.6. The summed E-state index contributed by atoms with van der Waals surface area (Å²) in [6, 6.07) is 22.3. The predicted molar refractivity (Wildman–Crippen MR) is 104 cm³/mol. The van der Waals surface area contributed by atoms with Crippen molar-refractivity contribution in [3.05, 3.63) is 72.3 Å². The normalized spacial score (nSPS) is 11.9. The summed E-state index contributed by atoms with van der Waals surface area (Å²) in [5.41, 5.74) is 1.05. The van der Waals surface area contributed by atoms with Crippen molar-refractivity contribution in [3.8, 4) is 5.75 Å². The minimum atomic E-state index is -0.153. The second-order valence-electron chi connectivity index (χ2n) is 5.83. The molecule has 0 fully saturated rings. The highest BCUT2D eigenvalue weighted by Gasteiger charge is 2.14. The summed E-state index contributed by atoms with van der Waals surface area (Å²) < 4.78 is 5.14. The molecule has 0 bridgehead atoms. The number of fused-ring (bicyclic) bond motifs is 1. The van der Waals surface area contributed by atoms with Crippen molar-refractivity contribution in [2.24, 2.45) is 0 Å². The van der Waals surface area contributed by atoms with E-state index in [4.69, 9.17) is 4.74 Å². The maximum absolute atomic E-state index is 12.4. The maximum Gasteiger partial charge on any atom is 0.233 e. The molecule has 0 aromatic heterocycles. The molecule has 0 aliphatic carbocycles. The Morgan fingerprint density at radius 2 is 1.76 bits per heavy atom. The molecule has 0 heterocycles. The molecule has 1 N–H and O–H groups in total. The van der Waals surface area contributed by atoms with Gasteiger partial charge in [-0.2, -0.15) is 0 Å². The van der Waals surface area contributed by atoms with Crippen molar-refractivity contribution in [2.45, 2.75) is 23.6 Å². The van der Waals surface area contributed by atoms with Gasteiger partial charge in [0.15, 0.2) is 0 Å². The monoisotopic (exact) mass is 351 g/mol. The van der Waals surface area contributed by atoms with Crippen LogP contribution in [0.4, 0.5) is 0 Å². The van der Waals surface area contributed by atoms with E-state index in [1.54, 1.807) is 18.9 Å². The largest absolute Gasteiger partial charge is 0.497 e.